The number of nitrogens with one attached hydrogen (secondary N) is 1. The summed E-state index contributed by atoms with van der Waals surface area (Å²) >= 11 is 5.83. The minimum Gasteiger partial charge on any atom is -0.280 e. The minimum absolute atomic E-state index is 0.100. The standard InChI is InChI=1S/C23H19ClN4O4S/c1-15(29)28-23(17-3-2-4-20(13-17)26-30)14-22(25-28)16-5-9-19(10-6-16)27-33(31,32)21-11-7-18(24)8-12-21/h2-13,23,27H,14H2,1H3. The summed E-state index contributed by atoms with van der Waals surface area (Å²) in [4.78, 5) is 23.2. The molecule has 10 heteroatoms. The van der Waals surface area contributed by atoms with Crippen LogP contribution in [0.25, 0.3) is 0 Å². The van der Waals surface area contributed by atoms with Crippen molar-refractivity contribution < 1.29 is 13.2 Å². The van der Waals surface area contributed by atoms with Gasteiger partial charge < -0.3 is 0 Å². The summed E-state index contributed by atoms with van der Waals surface area (Å²) in [6.45, 7) is 1.43. The van der Waals surface area contributed by atoms with Crippen LogP contribution in [0.4, 0.5) is 11.4 Å². The van der Waals surface area contributed by atoms with Crippen LogP contribution >= 0.6 is 11.6 Å². The van der Waals surface area contributed by atoms with Gasteiger partial charge in [0.05, 0.1) is 16.6 Å². The van der Waals surface area contributed by atoms with Gasteiger partial charge in [-0.05, 0) is 64.8 Å². The van der Waals surface area contributed by atoms with Gasteiger partial charge in [0.2, 0.25) is 5.91 Å². The second kappa shape index (κ2) is 9.13. The van der Waals surface area contributed by atoms with Crippen LogP contribution in [-0.4, -0.2) is 25.0 Å². The van der Waals surface area contributed by atoms with Crippen molar-refractivity contribution in [3.63, 3.8) is 0 Å². The van der Waals surface area contributed by atoms with Gasteiger partial charge in [-0.1, -0.05) is 35.9 Å². The molecule has 0 spiro atoms. The van der Waals surface area contributed by atoms with Gasteiger partial charge >= 0.3 is 0 Å². The zero-order valence-corrected chi connectivity index (χ0v) is 19.0. The number of sulfonamides is 1. The van der Waals surface area contributed by atoms with Gasteiger partial charge in [0.1, 0.15) is 5.69 Å². The lowest BCUT2D eigenvalue weighted by atomic mass is 9.98. The van der Waals surface area contributed by atoms with E-state index in [-0.39, 0.29) is 22.5 Å². The first-order chi connectivity index (χ1) is 15.8. The number of carbonyl (C=O) groups is 1. The molecule has 1 atom stereocenters. The lowest BCUT2D eigenvalue weighted by Crippen LogP contribution is -2.24. The molecule has 4 rings (SSSR count). The Kier molecular flexibility index (Phi) is 6.26. The average molecular weight is 483 g/mol. The maximum Gasteiger partial charge on any atom is 0.261 e. The number of hydrogen-bond donors (Lipinski definition) is 1. The van der Waals surface area contributed by atoms with Crippen molar-refractivity contribution in [2.45, 2.75) is 24.3 Å². The number of carbonyl (C=O) groups excluding carboxylic acids is 1. The molecule has 0 saturated carbocycles. The number of hydrazone groups is 1. The molecule has 3 aromatic rings. The van der Waals surface area contributed by atoms with Crippen molar-refractivity contribution in [1.29, 1.82) is 0 Å². The predicted molar refractivity (Wildman–Crippen MR) is 127 cm³/mol. The van der Waals surface area contributed by atoms with E-state index in [2.05, 4.69) is 15.0 Å². The summed E-state index contributed by atoms with van der Waals surface area (Å²) in [5.74, 6) is -0.230. The monoisotopic (exact) mass is 482 g/mol. The van der Waals surface area contributed by atoms with E-state index in [1.54, 1.807) is 42.5 Å². The van der Waals surface area contributed by atoms with Crippen molar-refractivity contribution in [3.05, 3.63) is 93.9 Å². The fourth-order valence-corrected chi connectivity index (χ4v) is 4.77. The highest BCUT2D eigenvalue weighted by Gasteiger charge is 2.31. The summed E-state index contributed by atoms with van der Waals surface area (Å²) < 4.78 is 27.7. The fraction of sp³-hybridized carbons (Fsp3) is 0.130. The van der Waals surface area contributed by atoms with Crippen LogP contribution in [0.5, 0.6) is 0 Å². The molecule has 0 aromatic heterocycles. The molecule has 1 N–H and O–H groups in total. The van der Waals surface area contributed by atoms with Gasteiger partial charge in [-0.15, -0.1) is 4.91 Å². The molecule has 33 heavy (non-hydrogen) atoms. The highest BCUT2D eigenvalue weighted by atomic mass is 35.5. The Morgan fingerprint density at radius 2 is 1.79 bits per heavy atom. The van der Waals surface area contributed by atoms with Crippen molar-refractivity contribution in [1.82, 2.24) is 5.01 Å². The number of hydrogen-bond acceptors (Lipinski definition) is 6. The van der Waals surface area contributed by atoms with Gasteiger partial charge in [0, 0.05) is 24.1 Å². The Hall–Kier alpha value is -3.56. The van der Waals surface area contributed by atoms with Gasteiger partial charge in [0.15, 0.2) is 0 Å². The molecule has 168 valence electrons. The van der Waals surface area contributed by atoms with E-state index in [0.717, 1.165) is 11.1 Å². The number of benzene rings is 3. The molecule has 1 aliphatic heterocycles. The minimum atomic E-state index is -3.76. The maximum absolute atomic E-state index is 12.6. The smallest absolute Gasteiger partial charge is 0.261 e. The first-order valence-electron chi connectivity index (χ1n) is 9.96. The second-order valence-electron chi connectivity index (χ2n) is 7.45. The van der Waals surface area contributed by atoms with Crippen molar-refractivity contribution >= 4 is 44.6 Å². The Morgan fingerprint density at radius 3 is 2.42 bits per heavy atom. The lowest BCUT2D eigenvalue weighted by Gasteiger charge is -2.20. The topological polar surface area (TPSA) is 108 Å². The van der Waals surface area contributed by atoms with Crippen LogP contribution in [0.2, 0.25) is 5.02 Å². The van der Waals surface area contributed by atoms with Gasteiger partial charge in [-0.2, -0.15) is 5.10 Å². The van der Waals surface area contributed by atoms with Crippen LogP contribution < -0.4 is 4.72 Å². The third kappa shape index (κ3) is 4.94. The zero-order valence-electron chi connectivity index (χ0n) is 17.5. The zero-order chi connectivity index (χ0) is 23.6. The number of anilines is 1. The number of halogens is 1. The van der Waals surface area contributed by atoms with Crippen LogP contribution in [-0.2, 0) is 14.8 Å². The molecular weight excluding hydrogens is 464 g/mol. The Labute approximate surface area is 195 Å². The summed E-state index contributed by atoms with van der Waals surface area (Å²) in [5.41, 5.74) is 2.85. The van der Waals surface area contributed by atoms with Crippen LogP contribution in [0.3, 0.4) is 0 Å². The number of amides is 1. The summed E-state index contributed by atoms with van der Waals surface area (Å²) in [7, 11) is -3.76. The number of nitroso groups, excluding NO2 is 1. The maximum atomic E-state index is 12.6. The summed E-state index contributed by atoms with van der Waals surface area (Å²) in [5, 5.41) is 9.27. The molecule has 1 amide bonds. The SMILES string of the molecule is CC(=O)N1N=C(c2ccc(NS(=O)(=O)c3ccc(Cl)cc3)cc2)CC1c1cccc(N=O)c1. The first kappa shape index (κ1) is 22.6. The molecule has 8 nitrogen and oxygen atoms in total. The van der Waals surface area contributed by atoms with Crippen LogP contribution in [0.15, 0.2) is 88.0 Å². The van der Waals surface area contributed by atoms with Crippen LogP contribution in [0, 0.1) is 4.91 Å². The van der Waals surface area contributed by atoms with E-state index in [1.807, 2.05) is 6.07 Å². The van der Waals surface area contributed by atoms with Crippen molar-refractivity contribution in [2.24, 2.45) is 10.3 Å². The van der Waals surface area contributed by atoms with Crippen molar-refractivity contribution in [2.75, 3.05) is 4.72 Å². The molecule has 0 fully saturated rings. The molecule has 3 aromatic carbocycles. The van der Waals surface area contributed by atoms with E-state index in [9.17, 15) is 18.1 Å². The fourth-order valence-electron chi connectivity index (χ4n) is 3.58. The third-order valence-electron chi connectivity index (χ3n) is 5.19. The average Bonchev–Trinajstić information content (AvgIpc) is 3.26. The van der Waals surface area contributed by atoms with E-state index < -0.39 is 10.0 Å². The van der Waals surface area contributed by atoms with E-state index >= 15 is 0 Å². The highest BCUT2D eigenvalue weighted by molar-refractivity contribution is 7.92. The normalized spacial score (nSPS) is 15.8. The third-order valence-corrected chi connectivity index (χ3v) is 6.84. The van der Waals surface area contributed by atoms with Crippen molar-refractivity contribution in [3.8, 4) is 0 Å². The Balaban J connectivity index is 1.54. The molecule has 1 aliphatic rings. The highest BCUT2D eigenvalue weighted by Crippen LogP contribution is 2.34. The molecule has 0 aliphatic carbocycles. The van der Waals surface area contributed by atoms with E-state index in [0.29, 0.717) is 22.8 Å². The second-order valence-corrected chi connectivity index (χ2v) is 9.57. The van der Waals surface area contributed by atoms with Gasteiger partial charge in [-0.3, -0.25) is 9.52 Å². The lowest BCUT2D eigenvalue weighted by molar-refractivity contribution is -0.130. The molecular formula is C23H19ClN4O4S. The van der Waals surface area contributed by atoms with E-state index in [4.69, 9.17) is 11.6 Å². The molecule has 1 unspecified atom stereocenters. The van der Waals surface area contributed by atoms with E-state index in [1.165, 1.54) is 36.2 Å². The largest absolute Gasteiger partial charge is 0.280 e. The molecule has 0 bridgehead atoms. The summed E-state index contributed by atoms with van der Waals surface area (Å²) in [6.07, 6.45) is 0.442. The molecule has 0 saturated heterocycles. The van der Waals surface area contributed by atoms with Gasteiger partial charge in [-0.25, -0.2) is 13.4 Å². The quantitative estimate of drug-likeness (QED) is 0.485. The Bertz CT molecular complexity index is 1340. The number of rotatable bonds is 6. The number of nitrogens with zero attached hydrogens (tertiary/aromatic N) is 3. The summed E-state index contributed by atoms with van der Waals surface area (Å²) in [6, 6.07) is 19.0. The predicted octanol–water partition coefficient (Wildman–Crippen LogP) is 5.24. The van der Waals surface area contributed by atoms with Gasteiger partial charge in [0.25, 0.3) is 10.0 Å². The first-order valence-corrected chi connectivity index (χ1v) is 11.8. The molecule has 1 heterocycles. The van der Waals surface area contributed by atoms with Crippen LogP contribution in [0.1, 0.15) is 30.5 Å². The molecule has 0 radical (unpaired) electrons. The Morgan fingerprint density at radius 1 is 1.09 bits per heavy atom.